The molecule has 2 N–H and O–H groups in total. The number of nitrogens with zero attached hydrogens (tertiary/aromatic N) is 3. The predicted molar refractivity (Wildman–Crippen MR) is 209 cm³/mol. The van der Waals surface area contributed by atoms with Gasteiger partial charge in [-0.25, -0.2) is 4.99 Å². The molecule has 15 heteroatoms. The van der Waals surface area contributed by atoms with Crippen LogP contribution in [0.25, 0.3) is 0 Å². The molecule has 5 rings (SSSR count). The lowest BCUT2D eigenvalue weighted by Crippen LogP contribution is -2.61. The number of hydrogen-bond donors (Lipinski definition) is 2. The maximum atomic E-state index is 14.3. The Hall–Kier alpha value is -3.31. The zero-order valence-electron chi connectivity index (χ0n) is 35.2. The highest BCUT2D eigenvalue weighted by Gasteiger charge is 2.54. The van der Waals surface area contributed by atoms with Gasteiger partial charge in [0.1, 0.15) is 17.4 Å². The zero-order valence-corrected chi connectivity index (χ0v) is 35.2. The van der Waals surface area contributed by atoms with Crippen molar-refractivity contribution in [2.24, 2.45) is 33.8 Å². The summed E-state index contributed by atoms with van der Waals surface area (Å²) >= 11 is 0. The van der Waals surface area contributed by atoms with Gasteiger partial charge in [-0.3, -0.25) is 14.4 Å². The first-order valence-corrected chi connectivity index (χ1v) is 20.2. The molecule has 0 unspecified atom stereocenters. The second-order valence-electron chi connectivity index (χ2n) is 17.1. The Morgan fingerprint density at radius 2 is 1.72 bits per heavy atom. The molecule has 0 aliphatic carbocycles. The molecular formula is C42H63N3O12. The van der Waals surface area contributed by atoms with E-state index in [9.17, 15) is 24.6 Å². The fraction of sp³-hybridized carbons (Fsp3) is 0.738. The molecule has 1 aromatic rings. The molecule has 0 saturated carbocycles. The quantitative estimate of drug-likeness (QED) is 0.394. The molecule has 0 spiro atoms. The van der Waals surface area contributed by atoms with Gasteiger partial charge >= 0.3 is 11.9 Å². The van der Waals surface area contributed by atoms with Gasteiger partial charge in [-0.1, -0.05) is 63.2 Å². The smallest absolute Gasteiger partial charge is 0.311 e. The zero-order chi connectivity index (χ0) is 42.0. The van der Waals surface area contributed by atoms with Gasteiger partial charge in [-0.15, -0.1) is 0 Å². The summed E-state index contributed by atoms with van der Waals surface area (Å²) in [6, 6.07) is 8.66. The standard InChI is InChI=1S/C42H63N3O12/c1-12-31-42(9,50)37-24(4)32-22(2)19-41(8,52-21-29(20-51-37)44-57-34(38(48)43-32)28-16-14-13-15-17-28)36(25(5)33(47)26(6)39(49)55-31)56-40-35(54-27(7)46)30(45(10)11)18-23(3)53-40/h13-17,22-26,30-31,33-37,40,47,50H,12,18-21H2,1-11H3/b43-32?,44-29-/t22-,23-,24+,25+,26-,30+,31-,33+,34-,35-,36-,37-,40+,41-,42-/m1/s1. The minimum Gasteiger partial charge on any atom is -0.459 e. The fourth-order valence-electron chi connectivity index (χ4n) is 9.07. The lowest BCUT2D eigenvalue weighted by atomic mass is 9.73. The van der Waals surface area contributed by atoms with Gasteiger partial charge in [0.2, 0.25) is 6.10 Å². The van der Waals surface area contributed by atoms with E-state index in [0.717, 1.165) is 0 Å². The molecule has 3 fully saturated rings. The maximum Gasteiger partial charge on any atom is 0.311 e. The molecule has 4 bridgehead atoms. The van der Waals surface area contributed by atoms with Crippen molar-refractivity contribution in [3.63, 3.8) is 0 Å². The monoisotopic (exact) mass is 801 g/mol. The number of fused-ring (bicyclic) bond motifs is 4. The van der Waals surface area contributed by atoms with Crippen LogP contribution in [0.4, 0.5) is 0 Å². The molecule has 4 aliphatic rings. The van der Waals surface area contributed by atoms with E-state index in [0.29, 0.717) is 17.7 Å². The van der Waals surface area contributed by atoms with E-state index in [-0.39, 0.29) is 43.9 Å². The van der Waals surface area contributed by atoms with E-state index in [1.165, 1.54) is 6.92 Å². The van der Waals surface area contributed by atoms with Crippen LogP contribution in [0.1, 0.15) is 93.2 Å². The Morgan fingerprint density at radius 3 is 2.35 bits per heavy atom. The maximum absolute atomic E-state index is 14.3. The lowest BCUT2D eigenvalue weighted by Gasteiger charge is -2.49. The fourth-order valence-corrected chi connectivity index (χ4v) is 9.07. The number of carbonyl (C=O) groups is 3. The van der Waals surface area contributed by atoms with Crippen molar-refractivity contribution in [3.8, 4) is 0 Å². The first kappa shape index (κ1) is 44.8. The van der Waals surface area contributed by atoms with Crippen LogP contribution < -0.4 is 0 Å². The van der Waals surface area contributed by atoms with Gasteiger partial charge in [0.15, 0.2) is 12.4 Å². The number of aliphatic hydroxyl groups excluding tert-OH is 1. The van der Waals surface area contributed by atoms with Crippen LogP contribution in [-0.4, -0.2) is 132 Å². The average molecular weight is 802 g/mol. The third-order valence-electron chi connectivity index (χ3n) is 12.2. The number of rotatable bonds is 6. The molecule has 1 aromatic carbocycles. The van der Waals surface area contributed by atoms with Gasteiger partial charge in [-0.05, 0) is 67.0 Å². The highest BCUT2D eigenvalue weighted by Crippen LogP contribution is 2.41. The lowest BCUT2D eigenvalue weighted by molar-refractivity contribution is -0.304. The van der Waals surface area contributed by atoms with Crippen molar-refractivity contribution >= 4 is 29.3 Å². The molecule has 15 nitrogen and oxygen atoms in total. The number of amides is 1. The Kier molecular flexibility index (Phi) is 14.4. The van der Waals surface area contributed by atoms with Crippen molar-refractivity contribution in [3.05, 3.63) is 35.9 Å². The van der Waals surface area contributed by atoms with E-state index >= 15 is 0 Å². The Labute approximate surface area is 336 Å². The van der Waals surface area contributed by atoms with Crippen LogP contribution >= 0.6 is 0 Å². The number of aliphatic hydroxyl groups is 2. The van der Waals surface area contributed by atoms with Crippen LogP contribution in [0.15, 0.2) is 40.5 Å². The number of carbonyl (C=O) groups excluding carboxylic acids is 3. The summed E-state index contributed by atoms with van der Waals surface area (Å²) in [5.41, 5.74) is -1.94. The number of ether oxygens (including phenoxy) is 6. The minimum absolute atomic E-state index is 0.171. The summed E-state index contributed by atoms with van der Waals surface area (Å²) in [6.07, 6.45) is -7.05. The van der Waals surface area contributed by atoms with Crippen molar-refractivity contribution in [2.75, 3.05) is 27.3 Å². The van der Waals surface area contributed by atoms with E-state index in [1.807, 2.05) is 52.8 Å². The Balaban J connectivity index is 1.74. The van der Waals surface area contributed by atoms with Crippen LogP contribution in [0.3, 0.4) is 0 Å². The van der Waals surface area contributed by atoms with Crippen molar-refractivity contribution in [1.82, 2.24) is 4.90 Å². The molecule has 4 heterocycles. The normalized spacial score (nSPS) is 42.0. The molecule has 0 aromatic heterocycles. The molecular weight excluding hydrogens is 738 g/mol. The van der Waals surface area contributed by atoms with E-state index in [2.05, 4.69) is 5.16 Å². The van der Waals surface area contributed by atoms with Crippen molar-refractivity contribution in [2.45, 2.75) is 148 Å². The summed E-state index contributed by atoms with van der Waals surface area (Å²) in [5, 5.41) is 28.9. The minimum atomic E-state index is -1.81. The number of esters is 2. The summed E-state index contributed by atoms with van der Waals surface area (Å²) in [6.45, 7) is 15.1. The van der Waals surface area contributed by atoms with Gasteiger partial charge in [0.25, 0.3) is 5.91 Å². The van der Waals surface area contributed by atoms with E-state index in [1.54, 1.807) is 52.0 Å². The highest BCUT2D eigenvalue weighted by molar-refractivity contribution is 6.00. The molecule has 318 valence electrons. The Bertz CT molecular complexity index is 1640. The van der Waals surface area contributed by atoms with Gasteiger partial charge in [0, 0.05) is 30.0 Å². The summed E-state index contributed by atoms with van der Waals surface area (Å²) < 4.78 is 38.8. The molecule has 57 heavy (non-hydrogen) atoms. The SMILES string of the molecule is CC[C@H]1OC(=O)[C@H](C)[C@@H](O)[C@H](C)[C@@H](O[C@@H]2O[C@H](C)C[C@H](N(C)C)[C@H]2OC(C)=O)[C@@]2(C)C[C@@H](C)C3=NC(=O)[C@@H](c4ccccc4)O/N=C(/CO[C@H]([C@H]3C)[C@]1(C)O)CO2. The van der Waals surface area contributed by atoms with E-state index in [4.69, 9.17) is 38.3 Å². The van der Waals surface area contributed by atoms with Gasteiger partial charge in [0.05, 0.1) is 55.2 Å². The number of benzene rings is 1. The number of likely N-dealkylation sites (N-methyl/N-ethyl adjacent to an activating group) is 1. The van der Waals surface area contributed by atoms with Crippen LogP contribution in [-0.2, 0) is 47.6 Å². The third-order valence-corrected chi connectivity index (χ3v) is 12.2. The molecule has 3 saturated heterocycles. The number of oxime groups is 1. The van der Waals surface area contributed by atoms with Gasteiger partial charge < -0.3 is 48.4 Å². The topological polar surface area (TPSA) is 184 Å². The Morgan fingerprint density at radius 1 is 1.04 bits per heavy atom. The highest BCUT2D eigenvalue weighted by atomic mass is 16.7. The average Bonchev–Trinajstić information content (AvgIpc) is 3.18. The van der Waals surface area contributed by atoms with Crippen molar-refractivity contribution < 1.29 is 57.9 Å². The second-order valence-corrected chi connectivity index (χ2v) is 17.1. The summed E-state index contributed by atoms with van der Waals surface area (Å²) in [5.74, 6) is -5.02. The molecule has 1 amide bonds. The molecule has 15 atom stereocenters. The van der Waals surface area contributed by atoms with Crippen LogP contribution in [0, 0.1) is 23.7 Å². The third kappa shape index (κ3) is 9.77. The summed E-state index contributed by atoms with van der Waals surface area (Å²) in [4.78, 5) is 53.5. The number of hydrogen-bond acceptors (Lipinski definition) is 14. The predicted octanol–water partition coefficient (Wildman–Crippen LogP) is 4.02. The first-order chi connectivity index (χ1) is 26.8. The van der Waals surface area contributed by atoms with Crippen molar-refractivity contribution in [1.29, 1.82) is 0 Å². The summed E-state index contributed by atoms with van der Waals surface area (Å²) in [7, 11) is 3.78. The van der Waals surface area contributed by atoms with E-state index < -0.39 is 95.6 Å². The largest absolute Gasteiger partial charge is 0.459 e. The number of cyclic esters (lactones) is 1. The molecule has 0 radical (unpaired) electrons. The second kappa shape index (κ2) is 18.3. The molecule has 4 aliphatic heterocycles. The number of aliphatic imine (C=N–C) groups is 1. The van der Waals surface area contributed by atoms with Crippen LogP contribution in [0.5, 0.6) is 0 Å². The van der Waals surface area contributed by atoms with Gasteiger partial charge in [-0.2, -0.15) is 0 Å². The van der Waals surface area contributed by atoms with Crippen LogP contribution in [0.2, 0.25) is 0 Å². The first-order valence-electron chi connectivity index (χ1n) is 20.2.